The van der Waals surface area contributed by atoms with Crippen LogP contribution in [0.1, 0.15) is 60.3 Å². The number of halogens is 2. The van der Waals surface area contributed by atoms with Gasteiger partial charge in [0.2, 0.25) is 0 Å². The van der Waals surface area contributed by atoms with E-state index in [0.717, 1.165) is 34.5 Å². The predicted molar refractivity (Wildman–Crippen MR) is 168 cm³/mol. The van der Waals surface area contributed by atoms with Gasteiger partial charge in [0, 0.05) is 24.8 Å². The van der Waals surface area contributed by atoms with Crippen molar-refractivity contribution >= 4 is 18.5 Å². The molecule has 9 nitrogen and oxygen atoms in total. The van der Waals surface area contributed by atoms with Crippen molar-refractivity contribution in [2.24, 2.45) is 13.0 Å². The van der Waals surface area contributed by atoms with Crippen molar-refractivity contribution < 1.29 is 28.3 Å². The number of nitrogens with zero attached hydrogens (tertiary/aromatic N) is 2. The monoisotopic (exact) mass is 604 g/mol. The number of carbonyl (C=O) groups is 3. The lowest BCUT2D eigenvalue weighted by Gasteiger charge is -2.18. The van der Waals surface area contributed by atoms with Gasteiger partial charge in [0.25, 0.3) is 5.56 Å². The summed E-state index contributed by atoms with van der Waals surface area (Å²) in [6.45, 7) is 11.0. The number of alkyl halides is 1. The van der Waals surface area contributed by atoms with Crippen LogP contribution in [0.3, 0.4) is 0 Å². The average Bonchev–Trinajstić information content (AvgIpc) is 2.96. The van der Waals surface area contributed by atoms with Crippen LogP contribution in [0.15, 0.2) is 53.7 Å². The van der Waals surface area contributed by atoms with E-state index < -0.39 is 17.8 Å². The van der Waals surface area contributed by atoms with E-state index in [2.05, 4.69) is 36.4 Å². The molecule has 0 radical (unpaired) electrons. The van der Waals surface area contributed by atoms with Gasteiger partial charge < -0.3 is 25.1 Å². The van der Waals surface area contributed by atoms with Crippen LogP contribution in [-0.4, -0.2) is 61.0 Å². The van der Waals surface area contributed by atoms with Crippen LogP contribution in [0.2, 0.25) is 0 Å². The van der Waals surface area contributed by atoms with Crippen molar-refractivity contribution in [1.29, 1.82) is 0 Å². The lowest BCUT2D eigenvalue weighted by Crippen LogP contribution is -2.21. The minimum absolute atomic E-state index is 0.0880. The number of hydrogen-bond donors (Lipinski definition) is 3. The Hall–Kier alpha value is -4.09. The first-order valence-corrected chi connectivity index (χ1v) is 13.5. The SMILES string of the molecule is CC(C)C.CF.CNC(CC(=O)O)c1cc(-c2c(C)cccc2C)ccc1F.CNCC=O.Cn1cncc(C=O)c1=O. The summed E-state index contributed by atoms with van der Waals surface area (Å²) in [5, 5.41) is 14.5. The van der Waals surface area contributed by atoms with Crippen molar-refractivity contribution in [3.05, 3.63) is 87.3 Å². The van der Waals surface area contributed by atoms with Crippen LogP contribution in [0.5, 0.6) is 0 Å². The smallest absolute Gasteiger partial charge is 0.305 e. The Morgan fingerprint density at radius 3 is 2.02 bits per heavy atom. The normalized spacial score (nSPS) is 10.2. The quantitative estimate of drug-likeness (QED) is 0.303. The summed E-state index contributed by atoms with van der Waals surface area (Å²) >= 11 is 0. The molecule has 3 rings (SSSR count). The molecule has 1 aromatic heterocycles. The largest absolute Gasteiger partial charge is 0.481 e. The molecule has 0 aliphatic rings. The van der Waals surface area contributed by atoms with Crippen molar-refractivity contribution in [3.8, 4) is 11.1 Å². The second kappa shape index (κ2) is 23.5. The number of benzene rings is 2. The summed E-state index contributed by atoms with van der Waals surface area (Å²) in [6, 6.07) is 10.3. The van der Waals surface area contributed by atoms with E-state index >= 15 is 0 Å². The summed E-state index contributed by atoms with van der Waals surface area (Å²) < 4.78 is 24.9. The highest BCUT2D eigenvalue weighted by molar-refractivity contribution is 5.73. The fourth-order valence-electron chi connectivity index (χ4n) is 3.47. The number of carbonyl (C=O) groups excluding carboxylic acids is 2. The number of aldehydes is 2. The maximum absolute atomic E-state index is 14.1. The van der Waals surface area contributed by atoms with E-state index in [1.807, 2.05) is 32.0 Å². The fourth-order valence-corrected chi connectivity index (χ4v) is 3.47. The summed E-state index contributed by atoms with van der Waals surface area (Å²) in [5.41, 5.74) is 4.33. The van der Waals surface area contributed by atoms with Crippen molar-refractivity contribution in [3.63, 3.8) is 0 Å². The van der Waals surface area contributed by atoms with E-state index in [0.29, 0.717) is 25.6 Å². The third kappa shape index (κ3) is 16.2. The van der Waals surface area contributed by atoms with Gasteiger partial charge in [-0.3, -0.25) is 18.8 Å². The van der Waals surface area contributed by atoms with Gasteiger partial charge in [-0.1, -0.05) is 45.0 Å². The molecule has 3 aromatic rings. The molecule has 0 saturated carbocycles. The molecule has 1 heterocycles. The summed E-state index contributed by atoms with van der Waals surface area (Å²) in [6.07, 6.45) is 3.75. The zero-order valence-corrected chi connectivity index (χ0v) is 26.6. The highest BCUT2D eigenvalue weighted by Gasteiger charge is 2.19. The van der Waals surface area contributed by atoms with E-state index in [9.17, 15) is 28.0 Å². The number of rotatable bonds is 8. The Bertz CT molecular complexity index is 1290. The molecule has 0 bridgehead atoms. The van der Waals surface area contributed by atoms with Crippen LogP contribution in [0, 0.1) is 25.6 Å². The second-order valence-corrected chi connectivity index (χ2v) is 9.78. The molecule has 1 unspecified atom stereocenters. The number of nitrogens with one attached hydrogen (secondary N) is 2. The van der Waals surface area contributed by atoms with Gasteiger partial charge in [0.15, 0.2) is 6.29 Å². The van der Waals surface area contributed by atoms with Gasteiger partial charge >= 0.3 is 5.97 Å². The second-order valence-electron chi connectivity index (χ2n) is 9.78. The molecule has 0 saturated heterocycles. The highest BCUT2D eigenvalue weighted by Crippen LogP contribution is 2.31. The van der Waals surface area contributed by atoms with Gasteiger partial charge in [-0.15, -0.1) is 0 Å². The molecule has 0 fully saturated rings. The average molecular weight is 605 g/mol. The Kier molecular flexibility index (Phi) is 22.4. The van der Waals surface area contributed by atoms with Crippen molar-refractivity contribution in [2.45, 2.75) is 47.1 Å². The van der Waals surface area contributed by atoms with Crippen molar-refractivity contribution in [1.82, 2.24) is 20.2 Å². The Labute approximate surface area is 253 Å². The van der Waals surface area contributed by atoms with Crippen molar-refractivity contribution in [2.75, 3.05) is 27.8 Å². The third-order valence-electron chi connectivity index (χ3n) is 5.30. The Balaban J connectivity index is 0. The molecule has 0 aliphatic carbocycles. The minimum Gasteiger partial charge on any atom is -0.481 e. The molecule has 43 heavy (non-hydrogen) atoms. The van der Waals surface area contributed by atoms with Crippen LogP contribution < -0.4 is 16.2 Å². The van der Waals surface area contributed by atoms with Crippen LogP contribution in [0.25, 0.3) is 11.1 Å². The van der Waals surface area contributed by atoms with E-state index in [1.54, 1.807) is 33.3 Å². The maximum Gasteiger partial charge on any atom is 0.305 e. The minimum atomic E-state index is -0.962. The lowest BCUT2D eigenvalue weighted by atomic mass is 9.92. The molecular weight excluding hydrogens is 558 g/mol. The number of aromatic nitrogens is 2. The molecule has 3 N–H and O–H groups in total. The summed E-state index contributed by atoms with van der Waals surface area (Å²) in [5.74, 6) is -0.521. The van der Waals surface area contributed by atoms with Gasteiger partial charge in [0.1, 0.15) is 12.1 Å². The van der Waals surface area contributed by atoms with E-state index in [1.165, 1.54) is 23.2 Å². The number of carboxylic acid groups (broad SMARTS) is 1. The number of carboxylic acids is 1. The summed E-state index contributed by atoms with van der Waals surface area (Å²) in [4.78, 5) is 45.0. The molecule has 0 spiro atoms. The zero-order valence-electron chi connectivity index (χ0n) is 26.6. The van der Waals surface area contributed by atoms with Crippen LogP contribution in [0.4, 0.5) is 8.78 Å². The number of aliphatic carboxylic acids is 1. The molecule has 1 atom stereocenters. The number of aryl methyl sites for hydroxylation is 3. The van der Waals surface area contributed by atoms with E-state index in [4.69, 9.17) is 5.11 Å². The van der Waals surface area contributed by atoms with Crippen LogP contribution in [-0.2, 0) is 16.6 Å². The molecule has 11 heteroatoms. The molecule has 0 amide bonds. The zero-order chi connectivity index (χ0) is 33.5. The third-order valence-corrected chi connectivity index (χ3v) is 5.30. The summed E-state index contributed by atoms with van der Waals surface area (Å²) in [7, 11) is 5.41. The number of hydrogen-bond acceptors (Lipinski definition) is 7. The molecular formula is C32H46F2N4O5. The molecule has 2 aromatic carbocycles. The first-order chi connectivity index (χ1) is 20.3. The van der Waals surface area contributed by atoms with E-state index in [-0.39, 0.29) is 17.5 Å². The maximum atomic E-state index is 14.1. The van der Waals surface area contributed by atoms with Crippen LogP contribution >= 0.6 is 0 Å². The first-order valence-electron chi connectivity index (χ1n) is 13.5. The number of likely N-dealkylation sites (N-methyl/N-ethyl adjacent to an activating group) is 1. The van der Waals surface area contributed by atoms with Gasteiger partial charge in [-0.05, 0) is 68.2 Å². The Morgan fingerprint density at radius 2 is 1.63 bits per heavy atom. The topological polar surface area (TPSA) is 130 Å². The molecule has 0 aliphatic heterocycles. The Morgan fingerprint density at radius 1 is 1.07 bits per heavy atom. The first kappa shape index (κ1) is 41.0. The lowest BCUT2D eigenvalue weighted by molar-refractivity contribution is -0.137. The van der Waals surface area contributed by atoms with Gasteiger partial charge in [-0.2, -0.15) is 0 Å². The predicted octanol–water partition coefficient (Wildman–Crippen LogP) is 5.09. The molecule has 238 valence electrons. The van der Waals surface area contributed by atoms with Gasteiger partial charge in [0.05, 0.1) is 32.0 Å². The van der Waals surface area contributed by atoms with Gasteiger partial charge in [-0.25, -0.2) is 9.37 Å². The fraction of sp³-hybridized carbons (Fsp3) is 0.406. The highest BCUT2D eigenvalue weighted by atomic mass is 19.1. The standard InChI is InChI=1S/C18H20FNO2.C6H6N2O2.C4H10.C3H7NO.CH3F/c1-11-5-4-6-12(2)18(11)13-7-8-15(19)14(9-13)16(20-3)10-17(21)22;1-8-4-7-2-5(3-9)6(8)10;1-4(2)3;1-4-2-3-5;1-2/h4-9,16,20H,10H2,1-3H3,(H,21,22);2-4H,1H3;4H,1-3H3;3-4H,2H2,1H3;1H3.